The van der Waals surface area contributed by atoms with Crippen LogP contribution in [0, 0.1) is 12.8 Å². The maximum absolute atomic E-state index is 12.4. The van der Waals surface area contributed by atoms with Gasteiger partial charge in [-0.15, -0.1) is 0 Å². The van der Waals surface area contributed by atoms with E-state index in [1.807, 2.05) is 13.8 Å². The van der Waals surface area contributed by atoms with Gasteiger partial charge in [0.15, 0.2) is 0 Å². The zero-order valence-corrected chi connectivity index (χ0v) is 13.7. The van der Waals surface area contributed by atoms with Crippen molar-refractivity contribution in [2.24, 2.45) is 5.92 Å². The molecule has 1 aromatic carbocycles. The Bertz CT molecular complexity index is 592. The van der Waals surface area contributed by atoms with Gasteiger partial charge in [-0.05, 0) is 36.6 Å². The summed E-state index contributed by atoms with van der Waals surface area (Å²) in [5.41, 5.74) is 6.81. The number of hydrogen-bond acceptors (Lipinski definition) is 4. The number of carbonyl (C=O) groups excluding carboxylic acids is 1. The molecule has 0 radical (unpaired) electrons. The normalized spacial score (nSPS) is 11.9. The van der Waals surface area contributed by atoms with Crippen molar-refractivity contribution in [2.45, 2.75) is 25.7 Å². The number of nitrogens with two attached hydrogens (primary N) is 1. The number of aryl methyl sites for hydroxylation is 1. The predicted octanol–water partition coefficient (Wildman–Crippen LogP) is 0.970. The average Bonchev–Trinajstić information content (AvgIpc) is 2.35. The van der Waals surface area contributed by atoms with Gasteiger partial charge in [-0.2, -0.15) is 4.31 Å². The van der Waals surface area contributed by atoms with Crippen molar-refractivity contribution in [3.05, 3.63) is 23.8 Å². The number of sulfonamides is 1. The average molecular weight is 313 g/mol. The molecule has 21 heavy (non-hydrogen) atoms. The van der Waals surface area contributed by atoms with Crippen LogP contribution in [-0.2, 0) is 14.8 Å². The summed E-state index contributed by atoms with van der Waals surface area (Å²) in [6.45, 7) is 6.00. The summed E-state index contributed by atoms with van der Waals surface area (Å²) in [5.74, 6) is -0.0113. The molecule has 118 valence electrons. The van der Waals surface area contributed by atoms with Crippen molar-refractivity contribution in [1.29, 1.82) is 0 Å². The van der Waals surface area contributed by atoms with E-state index in [1.165, 1.54) is 19.2 Å². The molecule has 0 heterocycles. The minimum Gasteiger partial charge on any atom is -0.399 e. The van der Waals surface area contributed by atoms with Crippen molar-refractivity contribution in [3.8, 4) is 0 Å². The van der Waals surface area contributed by atoms with Gasteiger partial charge in [-0.1, -0.05) is 13.8 Å². The van der Waals surface area contributed by atoms with Gasteiger partial charge in [-0.25, -0.2) is 8.42 Å². The Balaban J connectivity index is 2.84. The molecule has 0 spiro atoms. The third-order valence-corrected chi connectivity index (χ3v) is 4.64. The highest BCUT2D eigenvalue weighted by molar-refractivity contribution is 7.89. The summed E-state index contributed by atoms with van der Waals surface area (Å²) in [7, 11) is -2.35. The molecule has 7 heteroatoms. The second-order valence-electron chi connectivity index (χ2n) is 5.54. The minimum atomic E-state index is -3.73. The lowest BCUT2D eigenvalue weighted by Crippen LogP contribution is -2.39. The first kappa shape index (κ1) is 17.5. The Kier molecular flexibility index (Phi) is 5.74. The fourth-order valence-electron chi connectivity index (χ4n) is 1.77. The largest absolute Gasteiger partial charge is 0.399 e. The fraction of sp³-hybridized carbons (Fsp3) is 0.500. The van der Waals surface area contributed by atoms with Gasteiger partial charge in [0.1, 0.15) is 0 Å². The lowest BCUT2D eigenvalue weighted by atomic mass is 10.2. The molecule has 0 aliphatic carbocycles. The van der Waals surface area contributed by atoms with Gasteiger partial charge in [0, 0.05) is 19.3 Å². The van der Waals surface area contributed by atoms with Crippen molar-refractivity contribution >= 4 is 21.6 Å². The molecule has 0 aromatic heterocycles. The molecule has 1 rings (SSSR count). The molecular weight excluding hydrogens is 290 g/mol. The summed E-state index contributed by atoms with van der Waals surface area (Å²) in [4.78, 5) is 11.8. The molecule has 0 saturated carbocycles. The van der Waals surface area contributed by atoms with Gasteiger partial charge >= 0.3 is 0 Å². The molecular formula is C14H23N3O3S. The Morgan fingerprint density at radius 1 is 1.33 bits per heavy atom. The van der Waals surface area contributed by atoms with Gasteiger partial charge < -0.3 is 11.1 Å². The van der Waals surface area contributed by atoms with Crippen LogP contribution in [0.1, 0.15) is 19.4 Å². The van der Waals surface area contributed by atoms with Crippen LogP contribution in [-0.4, -0.2) is 38.8 Å². The number of anilines is 1. The lowest BCUT2D eigenvalue weighted by molar-refractivity contribution is -0.121. The molecule has 3 N–H and O–H groups in total. The maximum atomic E-state index is 12.4. The number of rotatable bonds is 6. The Morgan fingerprint density at radius 3 is 2.48 bits per heavy atom. The summed E-state index contributed by atoms with van der Waals surface area (Å²) in [6.07, 6.45) is 0. The number of carbonyl (C=O) groups is 1. The van der Waals surface area contributed by atoms with E-state index < -0.39 is 10.0 Å². The summed E-state index contributed by atoms with van der Waals surface area (Å²) >= 11 is 0. The molecule has 0 aliphatic rings. The minimum absolute atomic E-state index is 0.0964. The molecule has 0 bridgehead atoms. The van der Waals surface area contributed by atoms with E-state index in [-0.39, 0.29) is 17.3 Å². The van der Waals surface area contributed by atoms with E-state index >= 15 is 0 Å². The Morgan fingerprint density at radius 2 is 1.95 bits per heavy atom. The quantitative estimate of drug-likeness (QED) is 0.765. The molecule has 0 fully saturated rings. The fourth-order valence-corrected chi connectivity index (χ4v) is 3.03. The Labute approximate surface area is 126 Å². The van der Waals surface area contributed by atoms with Crippen LogP contribution in [0.25, 0.3) is 0 Å². The van der Waals surface area contributed by atoms with Crippen molar-refractivity contribution < 1.29 is 13.2 Å². The molecule has 0 unspecified atom stereocenters. The van der Waals surface area contributed by atoms with Gasteiger partial charge in [0.2, 0.25) is 15.9 Å². The Hall–Kier alpha value is -1.60. The molecule has 1 aromatic rings. The zero-order valence-electron chi connectivity index (χ0n) is 12.9. The van der Waals surface area contributed by atoms with Crippen molar-refractivity contribution in [1.82, 2.24) is 9.62 Å². The van der Waals surface area contributed by atoms with Crippen molar-refractivity contribution in [3.63, 3.8) is 0 Å². The van der Waals surface area contributed by atoms with E-state index in [0.717, 1.165) is 9.87 Å². The first-order valence-electron chi connectivity index (χ1n) is 6.73. The van der Waals surface area contributed by atoms with Gasteiger partial charge in [0.25, 0.3) is 0 Å². The summed E-state index contributed by atoms with van der Waals surface area (Å²) in [6, 6.07) is 4.62. The first-order chi connectivity index (χ1) is 9.62. The smallest absolute Gasteiger partial charge is 0.243 e. The number of likely N-dealkylation sites (N-methyl/N-ethyl adjacent to an activating group) is 1. The van der Waals surface area contributed by atoms with Crippen molar-refractivity contribution in [2.75, 3.05) is 25.9 Å². The summed E-state index contributed by atoms with van der Waals surface area (Å²) < 4.78 is 25.8. The summed E-state index contributed by atoms with van der Waals surface area (Å²) in [5, 5.41) is 2.69. The van der Waals surface area contributed by atoms with Crippen LogP contribution in [0.15, 0.2) is 23.1 Å². The monoisotopic (exact) mass is 313 g/mol. The van der Waals surface area contributed by atoms with E-state index in [9.17, 15) is 13.2 Å². The standard InChI is InChI=1S/C14H23N3O3S/c1-10(2)8-16-14(18)9-17(4)21(19,20)13-6-11(3)5-12(15)7-13/h5-7,10H,8-9,15H2,1-4H3,(H,16,18). The zero-order chi connectivity index (χ0) is 16.2. The number of amides is 1. The third kappa shape index (κ3) is 5.02. The van der Waals surface area contributed by atoms with Crippen LogP contribution in [0.5, 0.6) is 0 Å². The first-order valence-corrected chi connectivity index (χ1v) is 8.17. The molecule has 6 nitrogen and oxygen atoms in total. The van der Waals surface area contributed by atoms with Crippen LogP contribution < -0.4 is 11.1 Å². The number of nitrogens with one attached hydrogen (secondary N) is 1. The second-order valence-corrected chi connectivity index (χ2v) is 7.58. The lowest BCUT2D eigenvalue weighted by Gasteiger charge is -2.18. The maximum Gasteiger partial charge on any atom is 0.243 e. The number of nitrogen functional groups attached to an aromatic ring is 1. The van der Waals surface area contributed by atoms with Crippen LogP contribution in [0.4, 0.5) is 5.69 Å². The van der Waals surface area contributed by atoms with Crippen LogP contribution in [0.3, 0.4) is 0 Å². The van der Waals surface area contributed by atoms with E-state index in [4.69, 9.17) is 5.73 Å². The van der Waals surface area contributed by atoms with Crippen LogP contribution in [0.2, 0.25) is 0 Å². The molecule has 0 aliphatic heterocycles. The number of benzene rings is 1. The third-order valence-electron chi connectivity index (χ3n) is 2.86. The van der Waals surface area contributed by atoms with E-state index in [0.29, 0.717) is 18.2 Å². The van der Waals surface area contributed by atoms with Crippen LogP contribution >= 0.6 is 0 Å². The highest BCUT2D eigenvalue weighted by Crippen LogP contribution is 2.19. The SMILES string of the molecule is Cc1cc(N)cc(S(=O)(=O)N(C)CC(=O)NCC(C)C)c1. The second kappa shape index (κ2) is 6.91. The van der Waals surface area contributed by atoms with Gasteiger partial charge in [-0.3, -0.25) is 4.79 Å². The van der Waals surface area contributed by atoms with E-state index in [2.05, 4.69) is 5.32 Å². The molecule has 0 saturated heterocycles. The molecule has 0 atom stereocenters. The number of hydrogen-bond donors (Lipinski definition) is 2. The highest BCUT2D eigenvalue weighted by Gasteiger charge is 2.23. The van der Waals surface area contributed by atoms with Gasteiger partial charge in [0.05, 0.1) is 11.4 Å². The van der Waals surface area contributed by atoms with E-state index in [1.54, 1.807) is 13.0 Å². The number of nitrogens with zero attached hydrogens (tertiary/aromatic N) is 1. The predicted molar refractivity (Wildman–Crippen MR) is 83.3 cm³/mol. The highest BCUT2D eigenvalue weighted by atomic mass is 32.2. The topological polar surface area (TPSA) is 92.5 Å². The molecule has 1 amide bonds.